The highest BCUT2D eigenvalue weighted by Gasteiger charge is 2.29. The van der Waals surface area contributed by atoms with Gasteiger partial charge in [0.05, 0.1) is 36.8 Å². The summed E-state index contributed by atoms with van der Waals surface area (Å²) in [5.41, 5.74) is 2.51. The van der Waals surface area contributed by atoms with Crippen molar-refractivity contribution >= 4 is 86.8 Å². The summed E-state index contributed by atoms with van der Waals surface area (Å²) in [6.45, 7) is 0.372. The molecule has 0 spiro atoms. The van der Waals surface area contributed by atoms with E-state index in [9.17, 15) is 23.3 Å². The molecule has 42 heavy (non-hydrogen) atoms. The Morgan fingerprint density at radius 2 is 1.86 bits per heavy atom. The zero-order chi connectivity index (χ0) is 29.4. The lowest BCUT2D eigenvalue weighted by Gasteiger charge is -2.30. The van der Waals surface area contributed by atoms with E-state index in [4.69, 9.17) is 0 Å². The number of thiophene rings is 1. The van der Waals surface area contributed by atoms with E-state index in [2.05, 4.69) is 26.0 Å². The second-order valence-electron chi connectivity index (χ2n) is 9.24. The standard InChI is InChI=1S/C28H20BrN5O5S3/c29-20-9-13-23-25(16-20)41-28(31-23)33(30-17-21-10-14-26(40-21)34(36)37)27(35)19-7-11-22(12-8-19)42(38,39)32-15-3-5-18-4-1-2-6-24(18)32/h1-2,4,6-14,16-17H,3,5,15H2/b30-17+. The summed E-state index contributed by atoms with van der Waals surface area (Å²) in [5, 5.41) is 16.8. The molecule has 0 aliphatic carbocycles. The molecule has 1 aliphatic heterocycles. The van der Waals surface area contributed by atoms with Gasteiger partial charge < -0.3 is 0 Å². The van der Waals surface area contributed by atoms with Crippen LogP contribution in [-0.4, -0.2) is 37.0 Å². The average molecular weight is 683 g/mol. The Labute approximate surface area is 256 Å². The number of benzene rings is 3. The smallest absolute Gasteiger partial charge is 0.267 e. The number of thiazole rings is 1. The van der Waals surface area contributed by atoms with Crippen LogP contribution in [0.15, 0.2) is 93.3 Å². The van der Waals surface area contributed by atoms with Crippen LogP contribution in [0.3, 0.4) is 0 Å². The molecule has 10 nitrogen and oxygen atoms in total. The molecule has 0 bridgehead atoms. The Kier molecular flexibility index (Phi) is 7.62. The number of sulfonamides is 1. The Bertz CT molecular complexity index is 1970. The van der Waals surface area contributed by atoms with Crippen LogP contribution in [0.5, 0.6) is 0 Å². The highest BCUT2D eigenvalue weighted by Crippen LogP contribution is 2.34. The van der Waals surface area contributed by atoms with Gasteiger partial charge in [-0.15, -0.1) is 0 Å². The van der Waals surface area contributed by atoms with Crippen LogP contribution >= 0.6 is 38.6 Å². The minimum absolute atomic E-state index is 0.0488. The first-order valence-corrected chi connectivity index (χ1v) is 16.5. The fraction of sp³-hybridized carbons (Fsp3) is 0.107. The number of aryl methyl sites for hydroxylation is 1. The largest absolute Gasteiger partial charge is 0.324 e. The van der Waals surface area contributed by atoms with E-state index in [0.29, 0.717) is 29.0 Å². The number of carbonyl (C=O) groups is 1. The molecule has 5 aromatic rings. The van der Waals surface area contributed by atoms with Gasteiger partial charge in [0.1, 0.15) is 0 Å². The zero-order valence-electron chi connectivity index (χ0n) is 21.6. The number of aromatic nitrogens is 1. The fourth-order valence-electron chi connectivity index (χ4n) is 4.56. The van der Waals surface area contributed by atoms with Gasteiger partial charge in [-0.2, -0.15) is 10.1 Å². The van der Waals surface area contributed by atoms with Crippen molar-refractivity contribution in [3.05, 3.63) is 109 Å². The van der Waals surface area contributed by atoms with Gasteiger partial charge in [0.15, 0.2) is 0 Å². The molecule has 3 aromatic carbocycles. The maximum Gasteiger partial charge on any atom is 0.324 e. The fourth-order valence-corrected chi connectivity index (χ4v) is 8.26. The Hall–Kier alpha value is -3.98. The molecule has 2 aromatic heterocycles. The number of para-hydroxylation sites is 1. The first kappa shape index (κ1) is 28.2. The minimum Gasteiger partial charge on any atom is -0.267 e. The highest BCUT2D eigenvalue weighted by molar-refractivity contribution is 9.10. The number of fused-ring (bicyclic) bond motifs is 2. The van der Waals surface area contributed by atoms with Crippen LogP contribution in [0.1, 0.15) is 27.2 Å². The lowest BCUT2D eigenvalue weighted by Crippen LogP contribution is -2.35. The molecule has 14 heteroatoms. The number of anilines is 2. The summed E-state index contributed by atoms with van der Waals surface area (Å²) in [6.07, 6.45) is 2.89. The van der Waals surface area contributed by atoms with E-state index in [0.717, 1.165) is 37.5 Å². The lowest BCUT2D eigenvalue weighted by molar-refractivity contribution is -0.380. The summed E-state index contributed by atoms with van der Waals surface area (Å²) >= 11 is 5.62. The van der Waals surface area contributed by atoms with E-state index < -0.39 is 20.9 Å². The summed E-state index contributed by atoms with van der Waals surface area (Å²) in [7, 11) is -3.85. The van der Waals surface area contributed by atoms with E-state index in [1.54, 1.807) is 12.1 Å². The molecule has 0 fully saturated rings. The summed E-state index contributed by atoms with van der Waals surface area (Å²) in [6, 6.07) is 21.6. The van der Waals surface area contributed by atoms with Gasteiger partial charge in [-0.1, -0.05) is 56.8 Å². The maximum absolute atomic E-state index is 13.8. The van der Waals surface area contributed by atoms with Crippen LogP contribution < -0.4 is 9.31 Å². The normalized spacial score (nSPS) is 13.4. The summed E-state index contributed by atoms with van der Waals surface area (Å²) < 4.78 is 30.2. The third-order valence-electron chi connectivity index (χ3n) is 6.56. The molecule has 0 radical (unpaired) electrons. The topological polar surface area (TPSA) is 126 Å². The quantitative estimate of drug-likeness (QED) is 0.105. The van der Waals surface area contributed by atoms with Gasteiger partial charge in [0, 0.05) is 22.6 Å². The van der Waals surface area contributed by atoms with Gasteiger partial charge in [-0.05, 0) is 73.0 Å². The number of halogens is 1. The molecule has 1 amide bonds. The van der Waals surface area contributed by atoms with E-state index in [-0.39, 0.29) is 20.6 Å². The summed E-state index contributed by atoms with van der Waals surface area (Å²) in [4.78, 5) is 29.5. The summed E-state index contributed by atoms with van der Waals surface area (Å²) in [5.74, 6) is -0.539. The number of hydrogen-bond acceptors (Lipinski definition) is 9. The number of nitro groups is 1. The molecule has 0 unspecified atom stereocenters. The predicted molar refractivity (Wildman–Crippen MR) is 168 cm³/mol. The van der Waals surface area contributed by atoms with Crippen molar-refractivity contribution in [2.24, 2.45) is 5.10 Å². The van der Waals surface area contributed by atoms with E-state index in [1.165, 1.54) is 52.2 Å². The van der Waals surface area contributed by atoms with Crippen molar-refractivity contribution < 1.29 is 18.1 Å². The van der Waals surface area contributed by atoms with Crippen LogP contribution in [0.2, 0.25) is 0 Å². The molecule has 3 heterocycles. The minimum atomic E-state index is -3.85. The molecule has 0 saturated carbocycles. The Balaban J connectivity index is 1.33. The zero-order valence-corrected chi connectivity index (χ0v) is 25.6. The monoisotopic (exact) mass is 681 g/mol. The molecule has 0 atom stereocenters. The van der Waals surface area contributed by atoms with Crippen LogP contribution in [0.25, 0.3) is 10.2 Å². The van der Waals surface area contributed by atoms with E-state index in [1.807, 2.05) is 36.4 Å². The number of carbonyl (C=O) groups excluding carboxylic acids is 1. The third-order valence-corrected chi connectivity index (χ3v) is 10.8. The van der Waals surface area contributed by atoms with Crippen LogP contribution in [-0.2, 0) is 16.4 Å². The van der Waals surface area contributed by atoms with Gasteiger partial charge >= 0.3 is 5.00 Å². The second kappa shape index (κ2) is 11.4. The van der Waals surface area contributed by atoms with Crippen molar-refractivity contribution in [3.63, 3.8) is 0 Å². The van der Waals surface area contributed by atoms with Crippen molar-refractivity contribution in [1.29, 1.82) is 0 Å². The first-order valence-electron chi connectivity index (χ1n) is 12.6. The van der Waals surface area contributed by atoms with E-state index >= 15 is 0 Å². The Morgan fingerprint density at radius 1 is 1.07 bits per heavy atom. The van der Waals surface area contributed by atoms with Crippen LogP contribution in [0.4, 0.5) is 15.8 Å². The van der Waals surface area contributed by atoms with Gasteiger partial charge in [-0.3, -0.25) is 19.2 Å². The number of hydrazone groups is 1. The van der Waals surface area contributed by atoms with Gasteiger partial charge in [0.25, 0.3) is 15.9 Å². The third kappa shape index (κ3) is 5.45. The van der Waals surface area contributed by atoms with Gasteiger partial charge in [-0.25, -0.2) is 13.4 Å². The van der Waals surface area contributed by atoms with Crippen molar-refractivity contribution in [2.45, 2.75) is 17.7 Å². The molecule has 6 rings (SSSR count). The number of hydrogen-bond donors (Lipinski definition) is 0. The maximum atomic E-state index is 13.8. The number of rotatable bonds is 7. The molecule has 0 N–H and O–H groups in total. The predicted octanol–water partition coefficient (Wildman–Crippen LogP) is 6.85. The van der Waals surface area contributed by atoms with Gasteiger partial charge in [0.2, 0.25) is 5.13 Å². The van der Waals surface area contributed by atoms with Crippen molar-refractivity contribution in [3.8, 4) is 0 Å². The molecule has 1 aliphatic rings. The lowest BCUT2D eigenvalue weighted by atomic mass is 10.0. The Morgan fingerprint density at radius 3 is 2.62 bits per heavy atom. The van der Waals surface area contributed by atoms with Crippen molar-refractivity contribution in [2.75, 3.05) is 15.9 Å². The first-order chi connectivity index (χ1) is 20.2. The molecular weight excluding hydrogens is 662 g/mol. The second-order valence-corrected chi connectivity index (χ2v) is 14.1. The SMILES string of the molecule is O=C(c1ccc(S(=O)(=O)N2CCCc3ccccc32)cc1)N(/N=C/c1ccc([N+](=O)[O-])s1)c1nc2ccc(Br)cc2s1. The highest BCUT2D eigenvalue weighted by atomic mass is 79.9. The van der Waals surface area contributed by atoms with Crippen molar-refractivity contribution in [1.82, 2.24) is 4.98 Å². The molecule has 212 valence electrons. The van der Waals surface area contributed by atoms with Crippen LogP contribution in [0, 0.1) is 10.1 Å². The number of amides is 1. The molecule has 0 saturated heterocycles. The average Bonchev–Trinajstić information content (AvgIpc) is 3.64. The molecular formula is C28H20BrN5O5S3. The number of nitrogens with zero attached hydrogens (tertiary/aromatic N) is 5.